The molecule has 1 heterocycles. The smallest absolute Gasteiger partial charge is 0.155 e. The van der Waals surface area contributed by atoms with Crippen molar-refractivity contribution >= 4 is 33.3 Å². The maximum absolute atomic E-state index is 8.47. The van der Waals surface area contributed by atoms with Crippen molar-refractivity contribution in [2.24, 2.45) is 0 Å². The van der Waals surface area contributed by atoms with Crippen LogP contribution in [0.2, 0.25) is 0 Å². The average Bonchev–Trinajstić information content (AvgIpc) is 2.34. The Morgan fingerprint density at radius 1 is 1.50 bits per heavy atom. The second kappa shape index (κ2) is 3.35. The molecule has 0 aromatic rings. The fraction of sp³-hybridized carbons (Fsp3) is 0. The highest BCUT2D eigenvalue weighted by molar-refractivity contribution is 8.33. The van der Waals surface area contributed by atoms with Gasteiger partial charge in [-0.2, -0.15) is 10.5 Å². The van der Waals surface area contributed by atoms with Crippen molar-refractivity contribution in [3.8, 4) is 12.1 Å². The zero-order chi connectivity index (χ0) is 9.14. The van der Waals surface area contributed by atoms with E-state index in [9.17, 15) is 0 Å². The van der Waals surface area contributed by atoms with Crippen molar-refractivity contribution in [2.75, 3.05) is 0 Å². The fourth-order valence-corrected chi connectivity index (χ4v) is 1.59. The van der Waals surface area contributed by atoms with E-state index in [0.29, 0.717) is 4.32 Å². The summed E-state index contributed by atoms with van der Waals surface area (Å²) in [6, 6.07) is 3.37. The lowest BCUT2D eigenvalue weighted by atomic mass is 10.2. The van der Waals surface area contributed by atoms with E-state index in [-0.39, 0.29) is 16.3 Å². The molecule has 0 bridgehead atoms. The van der Waals surface area contributed by atoms with Gasteiger partial charge < -0.3 is 5.32 Å². The van der Waals surface area contributed by atoms with E-state index in [1.165, 1.54) is 0 Å². The summed E-state index contributed by atoms with van der Waals surface area (Å²) in [6.07, 6.45) is 0. The summed E-state index contributed by atoms with van der Waals surface area (Å²) in [5.74, 6) is 0. The van der Waals surface area contributed by atoms with Gasteiger partial charge in [0.25, 0.3) is 0 Å². The minimum absolute atomic E-state index is 0.104. The van der Waals surface area contributed by atoms with E-state index in [1.54, 1.807) is 12.1 Å². The topological polar surface area (TPSA) is 83.5 Å². The monoisotopic (exact) mass is 194 g/mol. The zero-order valence-electron chi connectivity index (χ0n) is 5.71. The van der Waals surface area contributed by atoms with Crippen molar-refractivity contribution < 1.29 is 0 Å². The summed E-state index contributed by atoms with van der Waals surface area (Å²) < 4.78 is 0.401. The highest BCUT2D eigenvalue weighted by atomic mass is 32.2. The molecule has 1 fully saturated rings. The van der Waals surface area contributed by atoms with Gasteiger partial charge in [0.1, 0.15) is 27.2 Å². The van der Waals surface area contributed by atoms with Gasteiger partial charge in [-0.1, -0.05) is 12.2 Å². The molecule has 4 nitrogen and oxygen atoms in total. The van der Waals surface area contributed by atoms with Crippen LogP contribution in [0.3, 0.4) is 0 Å². The van der Waals surface area contributed by atoms with Crippen molar-refractivity contribution in [2.45, 2.75) is 0 Å². The van der Waals surface area contributed by atoms with Gasteiger partial charge in [0, 0.05) is 0 Å². The van der Waals surface area contributed by atoms with E-state index in [0.717, 1.165) is 11.8 Å². The summed E-state index contributed by atoms with van der Waals surface area (Å²) >= 11 is 5.78. The number of thioether (sulfide) groups is 1. The van der Waals surface area contributed by atoms with Gasteiger partial charge in [-0.3, -0.25) is 5.41 Å². The largest absolute Gasteiger partial charge is 0.337 e. The molecule has 6 heteroatoms. The predicted molar refractivity (Wildman–Crippen MR) is 49.3 cm³/mol. The van der Waals surface area contributed by atoms with Crippen molar-refractivity contribution in [3.05, 3.63) is 11.3 Å². The molecule has 58 valence electrons. The van der Waals surface area contributed by atoms with Crippen LogP contribution in [-0.4, -0.2) is 9.36 Å². The summed E-state index contributed by atoms with van der Waals surface area (Å²) in [4.78, 5) is 0. The number of nitrogens with zero attached hydrogens (tertiary/aromatic N) is 2. The number of rotatable bonds is 0. The SMILES string of the molecule is N#CC(C#N)=C1NC(=S)SC1=N. The van der Waals surface area contributed by atoms with Crippen LogP contribution in [0.25, 0.3) is 0 Å². The van der Waals surface area contributed by atoms with Crippen LogP contribution in [0.1, 0.15) is 0 Å². The lowest BCUT2D eigenvalue weighted by molar-refractivity contribution is 1.24. The average molecular weight is 194 g/mol. The van der Waals surface area contributed by atoms with Crippen LogP contribution in [0.4, 0.5) is 0 Å². The van der Waals surface area contributed by atoms with Crippen LogP contribution in [0.5, 0.6) is 0 Å². The molecular weight excluding hydrogens is 192 g/mol. The van der Waals surface area contributed by atoms with Crippen LogP contribution >= 0.6 is 24.0 Å². The molecule has 0 aromatic heterocycles. The minimum atomic E-state index is -0.104. The van der Waals surface area contributed by atoms with E-state index in [1.807, 2.05) is 0 Å². The first kappa shape index (κ1) is 8.72. The van der Waals surface area contributed by atoms with E-state index >= 15 is 0 Å². The Morgan fingerprint density at radius 2 is 2.08 bits per heavy atom. The number of allylic oxidation sites excluding steroid dienone is 1. The molecule has 1 aliphatic heterocycles. The second-order valence-corrected chi connectivity index (χ2v) is 3.50. The van der Waals surface area contributed by atoms with Crippen molar-refractivity contribution in [3.63, 3.8) is 0 Å². The first-order valence-electron chi connectivity index (χ1n) is 2.81. The molecule has 1 saturated heterocycles. The number of hydrogen-bond donors (Lipinski definition) is 2. The number of thiocarbonyl (C=S) groups is 1. The van der Waals surface area contributed by atoms with Crippen LogP contribution in [-0.2, 0) is 0 Å². The van der Waals surface area contributed by atoms with Gasteiger partial charge >= 0.3 is 0 Å². The maximum atomic E-state index is 8.47. The molecule has 1 aliphatic rings. The van der Waals surface area contributed by atoms with Crippen LogP contribution in [0, 0.1) is 28.1 Å². The van der Waals surface area contributed by atoms with E-state index < -0.39 is 0 Å². The minimum Gasteiger partial charge on any atom is -0.337 e. The van der Waals surface area contributed by atoms with Crippen molar-refractivity contribution in [1.29, 1.82) is 15.9 Å². The molecule has 0 aromatic carbocycles. The first-order valence-corrected chi connectivity index (χ1v) is 4.03. The Hall–Kier alpha value is -1.37. The predicted octanol–water partition coefficient (Wildman–Crippen LogP) is 0.886. The molecule has 0 saturated carbocycles. The zero-order valence-corrected chi connectivity index (χ0v) is 7.34. The molecule has 1 rings (SSSR count). The second-order valence-electron chi connectivity index (χ2n) is 1.82. The van der Waals surface area contributed by atoms with Crippen LogP contribution < -0.4 is 5.32 Å². The molecular formula is C6H2N4S2. The van der Waals surface area contributed by atoms with E-state index in [4.69, 9.17) is 28.2 Å². The van der Waals surface area contributed by atoms with Gasteiger partial charge in [-0.25, -0.2) is 0 Å². The molecule has 0 atom stereocenters. The summed E-state index contributed by atoms with van der Waals surface area (Å²) in [7, 11) is 0. The first-order chi connectivity index (χ1) is 5.69. The highest BCUT2D eigenvalue weighted by Gasteiger charge is 2.22. The molecule has 0 unspecified atom stereocenters. The number of hydrogen-bond acceptors (Lipinski definition) is 5. The Balaban J connectivity index is 3.14. The Kier molecular flexibility index (Phi) is 2.44. The maximum Gasteiger partial charge on any atom is 0.155 e. The Bertz CT molecular complexity index is 352. The summed E-state index contributed by atoms with van der Waals surface area (Å²) in [5, 5.41) is 27.0. The Labute approximate surface area is 78.4 Å². The molecule has 0 aliphatic carbocycles. The number of nitriles is 2. The van der Waals surface area contributed by atoms with Gasteiger partial charge in [-0.15, -0.1) is 0 Å². The third kappa shape index (κ3) is 1.45. The van der Waals surface area contributed by atoms with Crippen LogP contribution in [0.15, 0.2) is 11.3 Å². The Morgan fingerprint density at radius 3 is 2.42 bits per heavy atom. The van der Waals surface area contributed by atoms with Gasteiger partial charge in [0.2, 0.25) is 0 Å². The molecule has 0 amide bonds. The van der Waals surface area contributed by atoms with Gasteiger partial charge in [0.05, 0.1) is 0 Å². The third-order valence-corrected chi connectivity index (χ3v) is 2.17. The lowest BCUT2D eigenvalue weighted by Crippen LogP contribution is -2.12. The molecule has 2 N–H and O–H groups in total. The lowest BCUT2D eigenvalue weighted by Gasteiger charge is -1.93. The highest BCUT2D eigenvalue weighted by Crippen LogP contribution is 2.21. The van der Waals surface area contributed by atoms with Gasteiger partial charge in [-0.05, 0) is 11.8 Å². The number of nitrogens with one attached hydrogen (secondary N) is 2. The third-order valence-electron chi connectivity index (χ3n) is 1.12. The quantitative estimate of drug-likeness (QED) is 0.442. The standard InChI is InChI=1S/C6H2N4S2/c7-1-3(2-8)4-5(9)12-6(11)10-4/h9H,(H,10,11). The summed E-state index contributed by atoms with van der Waals surface area (Å²) in [6.45, 7) is 0. The normalized spacial score (nSPS) is 15.0. The molecule has 0 radical (unpaired) electrons. The summed E-state index contributed by atoms with van der Waals surface area (Å²) in [5.41, 5.74) is 0.113. The fourth-order valence-electron chi connectivity index (χ4n) is 0.641. The molecule has 12 heavy (non-hydrogen) atoms. The van der Waals surface area contributed by atoms with E-state index in [2.05, 4.69) is 5.32 Å². The van der Waals surface area contributed by atoms with Gasteiger partial charge in [0.15, 0.2) is 5.57 Å². The molecule has 0 spiro atoms. The van der Waals surface area contributed by atoms with Crippen molar-refractivity contribution in [1.82, 2.24) is 5.32 Å².